The fraction of sp³-hybridized carbons (Fsp3) is 0.100. The van der Waals surface area contributed by atoms with Crippen LogP contribution in [0.1, 0.15) is 5.01 Å². The van der Waals surface area contributed by atoms with Crippen molar-refractivity contribution in [1.82, 2.24) is 4.98 Å². The molecule has 0 atom stereocenters. The van der Waals surface area contributed by atoms with Crippen molar-refractivity contribution in [2.24, 2.45) is 0 Å². The summed E-state index contributed by atoms with van der Waals surface area (Å²) < 4.78 is 0.990. The standard InChI is InChI=1S/C10H9NS2/c1-7-11-9(10(12)13-7)8-5-3-2-4-6-8/h2-6,12H,1H3. The third kappa shape index (κ3) is 1.76. The largest absolute Gasteiger partial charge is 0.240 e. The summed E-state index contributed by atoms with van der Waals surface area (Å²) in [5.41, 5.74) is 2.13. The van der Waals surface area contributed by atoms with Crippen molar-refractivity contribution < 1.29 is 0 Å². The van der Waals surface area contributed by atoms with Gasteiger partial charge in [-0.05, 0) is 6.92 Å². The molecule has 3 heteroatoms. The monoisotopic (exact) mass is 207 g/mol. The van der Waals surface area contributed by atoms with Crippen LogP contribution < -0.4 is 0 Å². The number of hydrogen-bond donors (Lipinski definition) is 1. The summed E-state index contributed by atoms with van der Waals surface area (Å²) in [5.74, 6) is 0. The highest BCUT2D eigenvalue weighted by atomic mass is 32.2. The first-order valence-corrected chi connectivity index (χ1v) is 5.25. The Morgan fingerprint density at radius 1 is 1.23 bits per heavy atom. The van der Waals surface area contributed by atoms with E-state index >= 15 is 0 Å². The number of rotatable bonds is 1. The van der Waals surface area contributed by atoms with E-state index in [0.717, 1.165) is 20.5 Å². The molecule has 0 N–H and O–H groups in total. The van der Waals surface area contributed by atoms with Gasteiger partial charge in [0.25, 0.3) is 0 Å². The van der Waals surface area contributed by atoms with E-state index in [1.165, 1.54) is 0 Å². The van der Waals surface area contributed by atoms with Crippen molar-refractivity contribution in [3.63, 3.8) is 0 Å². The lowest BCUT2D eigenvalue weighted by molar-refractivity contribution is 1.28. The van der Waals surface area contributed by atoms with Crippen LogP contribution in [-0.2, 0) is 0 Å². The molecular formula is C10H9NS2. The molecule has 0 bridgehead atoms. The highest BCUT2D eigenvalue weighted by Crippen LogP contribution is 2.30. The maximum atomic E-state index is 4.42. The summed E-state index contributed by atoms with van der Waals surface area (Å²) in [4.78, 5) is 4.42. The molecule has 0 amide bonds. The van der Waals surface area contributed by atoms with E-state index < -0.39 is 0 Å². The van der Waals surface area contributed by atoms with Crippen LogP contribution in [0.2, 0.25) is 0 Å². The molecule has 0 fully saturated rings. The first-order chi connectivity index (χ1) is 6.27. The Kier molecular flexibility index (Phi) is 2.38. The van der Waals surface area contributed by atoms with E-state index in [1.54, 1.807) is 11.3 Å². The summed E-state index contributed by atoms with van der Waals surface area (Å²) in [6, 6.07) is 10.1. The maximum Gasteiger partial charge on any atom is 0.0949 e. The predicted octanol–water partition coefficient (Wildman–Crippen LogP) is 3.41. The number of thiol groups is 1. The quantitative estimate of drug-likeness (QED) is 0.707. The summed E-state index contributed by atoms with van der Waals surface area (Å²) in [7, 11) is 0. The second-order valence-corrected chi connectivity index (χ2v) is 4.71. The van der Waals surface area contributed by atoms with Gasteiger partial charge in [-0.1, -0.05) is 30.3 Å². The van der Waals surface area contributed by atoms with Crippen LogP contribution in [0.15, 0.2) is 34.5 Å². The van der Waals surface area contributed by atoms with E-state index in [-0.39, 0.29) is 0 Å². The van der Waals surface area contributed by atoms with Gasteiger partial charge in [0.15, 0.2) is 0 Å². The Labute approximate surface area is 86.9 Å². The molecular weight excluding hydrogens is 198 g/mol. The van der Waals surface area contributed by atoms with Gasteiger partial charge in [0.05, 0.1) is 14.9 Å². The average molecular weight is 207 g/mol. The molecule has 2 rings (SSSR count). The smallest absolute Gasteiger partial charge is 0.0949 e. The number of aryl methyl sites for hydroxylation is 1. The van der Waals surface area contributed by atoms with E-state index in [9.17, 15) is 0 Å². The van der Waals surface area contributed by atoms with Gasteiger partial charge in [-0.2, -0.15) is 0 Å². The molecule has 0 spiro atoms. The molecule has 0 radical (unpaired) electrons. The number of hydrogen-bond acceptors (Lipinski definition) is 3. The van der Waals surface area contributed by atoms with Gasteiger partial charge in [-0.25, -0.2) is 4.98 Å². The fourth-order valence-electron chi connectivity index (χ4n) is 1.20. The zero-order valence-corrected chi connectivity index (χ0v) is 8.90. The minimum Gasteiger partial charge on any atom is -0.240 e. The minimum atomic E-state index is 0.990. The van der Waals surface area contributed by atoms with Gasteiger partial charge < -0.3 is 0 Å². The Hall–Kier alpha value is -0.800. The van der Waals surface area contributed by atoms with Gasteiger partial charge in [0.2, 0.25) is 0 Å². The Morgan fingerprint density at radius 2 is 1.92 bits per heavy atom. The van der Waals surface area contributed by atoms with Crippen molar-refractivity contribution in [1.29, 1.82) is 0 Å². The van der Waals surface area contributed by atoms with Crippen LogP contribution in [0, 0.1) is 6.92 Å². The number of thiazole rings is 1. The molecule has 0 aliphatic carbocycles. The fourth-order valence-corrected chi connectivity index (χ4v) is 2.45. The molecule has 1 heterocycles. The van der Waals surface area contributed by atoms with Crippen molar-refractivity contribution in [2.45, 2.75) is 11.1 Å². The van der Waals surface area contributed by atoms with Gasteiger partial charge >= 0.3 is 0 Å². The highest BCUT2D eigenvalue weighted by molar-refractivity contribution is 7.83. The lowest BCUT2D eigenvalue weighted by Crippen LogP contribution is -1.77. The summed E-state index contributed by atoms with van der Waals surface area (Å²) in [6.45, 7) is 2.00. The maximum absolute atomic E-state index is 4.42. The zero-order valence-electron chi connectivity index (χ0n) is 7.19. The van der Waals surface area contributed by atoms with Crippen molar-refractivity contribution >= 4 is 24.0 Å². The molecule has 0 unspecified atom stereocenters. The lowest BCUT2D eigenvalue weighted by Gasteiger charge is -1.95. The van der Waals surface area contributed by atoms with Gasteiger partial charge in [-0.3, -0.25) is 0 Å². The Morgan fingerprint density at radius 3 is 2.46 bits per heavy atom. The van der Waals surface area contributed by atoms with Gasteiger partial charge in [-0.15, -0.1) is 24.0 Å². The second-order valence-electron chi connectivity index (χ2n) is 2.75. The minimum absolute atomic E-state index is 0.990. The molecule has 0 saturated heterocycles. The molecule has 1 aromatic heterocycles. The Bertz CT molecular complexity index is 406. The zero-order chi connectivity index (χ0) is 9.26. The average Bonchev–Trinajstić information content (AvgIpc) is 2.47. The van der Waals surface area contributed by atoms with Crippen molar-refractivity contribution in [3.05, 3.63) is 35.3 Å². The Balaban J connectivity index is 2.53. The highest BCUT2D eigenvalue weighted by Gasteiger charge is 2.06. The topological polar surface area (TPSA) is 12.9 Å². The van der Waals surface area contributed by atoms with E-state index in [0.29, 0.717) is 0 Å². The molecule has 0 aliphatic rings. The normalized spacial score (nSPS) is 10.3. The number of benzene rings is 1. The predicted molar refractivity (Wildman–Crippen MR) is 59.5 cm³/mol. The van der Waals surface area contributed by atoms with Gasteiger partial charge in [0.1, 0.15) is 0 Å². The molecule has 1 aromatic carbocycles. The molecule has 0 saturated carbocycles. The number of nitrogens with zero attached hydrogens (tertiary/aromatic N) is 1. The molecule has 13 heavy (non-hydrogen) atoms. The third-order valence-corrected chi connectivity index (χ3v) is 3.02. The second kappa shape index (κ2) is 3.52. The van der Waals surface area contributed by atoms with E-state index in [1.807, 2.05) is 37.3 Å². The van der Waals surface area contributed by atoms with Crippen molar-refractivity contribution in [3.8, 4) is 11.3 Å². The van der Waals surface area contributed by atoms with Crippen LogP contribution in [0.25, 0.3) is 11.3 Å². The van der Waals surface area contributed by atoms with Crippen LogP contribution >= 0.6 is 24.0 Å². The third-order valence-electron chi connectivity index (χ3n) is 1.76. The molecule has 2 aromatic rings. The summed E-state index contributed by atoms with van der Waals surface area (Å²) in [6.07, 6.45) is 0. The van der Waals surface area contributed by atoms with E-state index in [4.69, 9.17) is 0 Å². The lowest BCUT2D eigenvalue weighted by atomic mass is 10.2. The molecule has 0 aliphatic heterocycles. The summed E-state index contributed by atoms with van der Waals surface area (Å²) in [5, 5.41) is 1.06. The first-order valence-electron chi connectivity index (χ1n) is 3.99. The van der Waals surface area contributed by atoms with Gasteiger partial charge in [0, 0.05) is 5.56 Å². The van der Waals surface area contributed by atoms with Crippen LogP contribution in [0.3, 0.4) is 0 Å². The summed E-state index contributed by atoms with van der Waals surface area (Å²) >= 11 is 6.00. The van der Waals surface area contributed by atoms with Crippen LogP contribution in [0.4, 0.5) is 0 Å². The number of aromatic nitrogens is 1. The van der Waals surface area contributed by atoms with E-state index in [2.05, 4.69) is 17.6 Å². The van der Waals surface area contributed by atoms with Crippen LogP contribution in [0.5, 0.6) is 0 Å². The molecule has 66 valence electrons. The molecule has 1 nitrogen and oxygen atoms in total. The first kappa shape index (κ1) is 8.78. The van der Waals surface area contributed by atoms with Crippen molar-refractivity contribution in [2.75, 3.05) is 0 Å². The van der Waals surface area contributed by atoms with Crippen LogP contribution in [-0.4, -0.2) is 4.98 Å². The SMILES string of the molecule is Cc1nc(-c2ccccc2)c(S)s1.